The first kappa shape index (κ1) is 16.3. The minimum Gasteiger partial charge on any atom is -0.325 e. The Bertz CT molecular complexity index is 814. The van der Waals surface area contributed by atoms with Crippen LogP contribution in [-0.4, -0.2) is 21.2 Å². The Kier molecular flexibility index (Phi) is 5.33. The quantitative estimate of drug-likeness (QED) is 0.692. The molecule has 0 radical (unpaired) electrons. The molecule has 2 aromatic carbocycles. The number of aryl methyl sites for hydroxylation is 1. The number of amides is 1. The van der Waals surface area contributed by atoms with Gasteiger partial charge in [0.05, 0.1) is 5.75 Å². The van der Waals surface area contributed by atoms with Crippen LogP contribution in [0.15, 0.2) is 72.1 Å². The lowest BCUT2D eigenvalue weighted by Crippen LogP contribution is -2.14. The Morgan fingerprint density at radius 3 is 2.79 bits per heavy atom. The van der Waals surface area contributed by atoms with E-state index in [-0.39, 0.29) is 5.91 Å². The molecule has 1 aromatic heterocycles. The summed E-state index contributed by atoms with van der Waals surface area (Å²) in [5, 5.41) is 3.76. The van der Waals surface area contributed by atoms with Gasteiger partial charge in [0.25, 0.3) is 0 Å². The van der Waals surface area contributed by atoms with Crippen molar-refractivity contribution < 1.29 is 4.79 Å². The van der Waals surface area contributed by atoms with Crippen LogP contribution < -0.4 is 5.32 Å². The molecule has 1 amide bonds. The number of rotatable bonds is 6. The Hall–Kier alpha value is -2.53. The summed E-state index contributed by atoms with van der Waals surface area (Å²) in [5.41, 5.74) is 3.16. The number of carbonyl (C=O) groups is 1. The van der Waals surface area contributed by atoms with Crippen molar-refractivity contribution in [2.75, 3.05) is 11.1 Å². The molecule has 0 saturated carbocycles. The molecule has 24 heavy (non-hydrogen) atoms. The Labute approximate surface area is 145 Å². The zero-order valence-corrected chi connectivity index (χ0v) is 14.3. The van der Waals surface area contributed by atoms with Crippen molar-refractivity contribution in [3.05, 3.63) is 78.1 Å². The molecule has 0 bridgehead atoms. The summed E-state index contributed by atoms with van der Waals surface area (Å²) in [6.45, 7) is 2.76. The maximum Gasteiger partial charge on any atom is 0.234 e. The van der Waals surface area contributed by atoms with Gasteiger partial charge in [0.2, 0.25) is 5.91 Å². The van der Waals surface area contributed by atoms with Gasteiger partial charge in [0.15, 0.2) is 5.16 Å². The first-order chi connectivity index (χ1) is 11.7. The van der Waals surface area contributed by atoms with Crippen molar-refractivity contribution in [3.63, 3.8) is 0 Å². The normalized spacial score (nSPS) is 10.5. The molecule has 0 aliphatic carbocycles. The third-order valence-corrected chi connectivity index (χ3v) is 4.51. The van der Waals surface area contributed by atoms with Gasteiger partial charge in [0, 0.05) is 24.6 Å². The number of nitrogens with zero attached hydrogens (tertiary/aromatic N) is 2. The molecule has 0 aliphatic rings. The minimum absolute atomic E-state index is 0.0279. The Morgan fingerprint density at radius 2 is 2.00 bits per heavy atom. The highest BCUT2D eigenvalue weighted by molar-refractivity contribution is 7.99. The predicted molar refractivity (Wildman–Crippen MR) is 98.3 cm³/mol. The minimum atomic E-state index is -0.0279. The van der Waals surface area contributed by atoms with E-state index in [0.717, 1.165) is 23.0 Å². The summed E-state index contributed by atoms with van der Waals surface area (Å²) in [5.74, 6) is 0.305. The second-order valence-corrected chi connectivity index (χ2v) is 6.47. The van der Waals surface area contributed by atoms with Gasteiger partial charge in [-0.2, -0.15) is 0 Å². The zero-order chi connectivity index (χ0) is 16.8. The van der Waals surface area contributed by atoms with E-state index in [2.05, 4.69) is 27.0 Å². The Balaban J connectivity index is 1.57. The molecule has 0 aliphatic heterocycles. The lowest BCUT2D eigenvalue weighted by molar-refractivity contribution is -0.113. The number of imidazole rings is 1. The highest BCUT2D eigenvalue weighted by Gasteiger charge is 2.08. The van der Waals surface area contributed by atoms with Crippen molar-refractivity contribution in [2.45, 2.75) is 18.6 Å². The molecule has 0 saturated heterocycles. The standard InChI is InChI=1S/C19H19N3OS/c1-15-6-5-9-17(12-15)21-18(23)14-24-19-20-10-11-22(19)13-16-7-3-2-4-8-16/h2-12H,13-14H2,1H3,(H,21,23). The van der Waals surface area contributed by atoms with Crippen molar-refractivity contribution in [1.82, 2.24) is 9.55 Å². The number of thioether (sulfide) groups is 1. The number of nitrogens with one attached hydrogen (secondary N) is 1. The summed E-state index contributed by atoms with van der Waals surface area (Å²) >= 11 is 1.44. The van der Waals surface area contributed by atoms with E-state index in [4.69, 9.17) is 0 Å². The van der Waals surface area contributed by atoms with Crippen LogP contribution in [0.1, 0.15) is 11.1 Å². The van der Waals surface area contributed by atoms with E-state index in [1.807, 2.05) is 55.6 Å². The SMILES string of the molecule is Cc1cccc(NC(=O)CSc2nccn2Cc2ccccc2)c1. The van der Waals surface area contributed by atoms with E-state index >= 15 is 0 Å². The maximum atomic E-state index is 12.1. The van der Waals surface area contributed by atoms with Crippen LogP contribution in [0.5, 0.6) is 0 Å². The molecular weight excluding hydrogens is 318 g/mol. The van der Waals surface area contributed by atoms with E-state index < -0.39 is 0 Å². The molecule has 0 fully saturated rings. The van der Waals surface area contributed by atoms with Crippen molar-refractivity contribution in [1.29, 1.82) is 0 Å². The van der Waals surface area contributed by atoms with Crippen LogP contribution in [0.4, 0.5) is 5.69 Å². The van der Waals surface area contributed by atoms with E-state index in [1.54, 1.807) is 6.20 Å². The number of aromatic nitrogens is 2. The molecular formula is C19H19N3OS. The van der Waals surface area contributed by atoms with Crippen LogP contribution in [-0.2, 0) is 11.3 Å². The van der Waals surface area contributed by atoms with Crippen LogP contribution in [0.3, 0.4) is 0 Å². The third kappa shape index (κ3) is 4.49. The van der Waals surface area contributed by atoms with Crippen molar-refractivity contribution >= 4 is 23.4 Å². The first-order valence-corrected chi connectivity index (χ1v) is 8.73. The molecule has 1 N–H and O–H groups in total. The van der Waals surface area contributed by atoms with Gasteiger partial charge in [-0.3, -0.25) is 4.79 Å². The van der Waals surface area contributed by atoms with Crippen molar-refractivity contribution in [3.8, 4) is 0 Å². The number of hydrogen-bond donors (Lipinski definition) is 1. The molecule has 0 atom stereocenters. The predicted octanol–water partition coefficient (Wildman–Crippen LogP) is 3.97. The van der Waals surface area contributed by atoms with Gasteiger partial charge in [-0.05, 0) is 30.2 Å². The molecule has 3 aromatic rings. The highest BCUT2D eigenvalue weighted by atomic mass is 32.2. The average Bonchev–Trinajstić information content (AvgIpc) is 3.01. The highest BCUT2D eigenvalue weighted by Crippen LogP contribution is 2.18. The Morgan fingerprint density at radius 1 is 1.17 bits per heavy atom. The number of anilines is 1. The first-order valence-electron chi connectivity index (χ1n) is 7.75. The molecule has 0 unspecified atom stereocenters. The second-order valence-electron chi connectivity index (χ2n) is 5.53. The number of benzene rings is 2. The zero-order valence-electron chi connectivity index (χ0n) is 13.5. The molecule has 122 valence electrons. The van der Waals surface area contributed by atoms with Gasteiger partial charge in [0.1, 0.15) is 0 Å². The summed E-state index contributed by atoms with van der Waals surface area (Å²) < 4.78 is 2.06. The van der Waals surface area contributed by atoms with Gasteiger partial charge in [-0.1, -0.05) is 54.2 Å². The van der Waals surface area contributed by atoms with Crippen LogP contribution in [0, 0.1) is 6.92 Å². The fourth-order valence-electron chi connectivity index (χ4n) is 2.39. The molecule has 4 nitrogen and oxygen atoms in total. The average molecular weight is 337 g/mol. The largest absolute Gasteiger partial charge is 0.325 e. The summed E-state index contributed by atoms with van der Waals surface area (Å²) in [7, 11) is 0. The smallest absolute Gasteiger partial charge is 0.234 e. The summed E-state index contributed by atoms with van der Waals surface area (Å²) in [6.07, 6.45) is 3.71. The van der Waals surface area contributed by atoms with Crippen LogP contribution in [0.25, 0.3) is 0 Å². The van der Waals surface area contributed by atoms with Gasteiger partial charge in [-0.15, -0.1) is 0 Å². The fraction of sp³-hybridized carbons (Fsp3) is 0.158. The lowest BCUT2D eigenvalue weighted by Gasteiger charge is -2.08. The van der Waals surface area contributed by atoms with Crippen LogP contribution in [0.2, 0.25) is 0 Å². The van der Waals surface area contributed by atoms with E-state index in [0.29, 0.717) is 5.75 Å². The van der Waals surface area contributed by atoms with Gasteiger partial charge in [-0.25, -0.2) is 4.98 Å². The lowest BCUT2D eigenvalue weighted by atomic mass is 10.2. The topological polar surface area (TPSA) is 46.9 Å². The van der Waals surface area contributed by atoms with Gasteiger partial charge >= 0.3 is 0 Å². The van der Waals surface area contributed by atoms with Gasteiger partial charge < -0.3 is 9.88 Å². The van der Waals surface area contributed by atoms with Crippen molar-refractivity contribution in [2.24, 2.45) is 0 Å². The van der Waals surface area contributed by atoms with E-state index in [9.17, 15) is 4.79 Å². The second kappa shape index (κ2) is 7.84. The summed E-state index contributed by atoms with van der Waals surface area (Å²) in [4.78, 5) is 16.5. The van der Waals surface area contributed by atoms with E-state index in [1.165, 1.54) is 17.3 Å². The maximum absolute atomic E-state index is 12.1. The van der Waals surface area contributed by atoms with Crippen LogP contribution >= 0.6 is 11.8 Å². The molecule has 0 spiro atoms. The number of carbonyl (C=O) groups excluding carboxylic acids is 1. The monoisotopic (exact) mass is 337 g/mol. The molecule has 5 heteroatoms. The molecule has 3 rings (SSSR count). The third-order valence-electron chi connectivity index (χ3n) is 3.51. The molecule has 1 heterocycles. The summed E-state index contributed by atoms with van der Waals surface area (Å²) in [6, 6.07) is 18.0. The fourth-order valence-corrected chi connectivity index (χ4v) is 3.15. The number of hydrogen-bond acceptors (Lipinski definition) is 3.